The molecule has 2 aliphatic heterocycles. The van der Waals surface area contributed by atoms with Gasteiger partial charge in [-0.25, -0.2) is 4.79 Å². The van der Waals surface area contributed by atoms with E-state index in [-0.39, 0.29) is 5.91 Å². The van der Waals surface area contributed by atoms with Gasteiger partial charge in [0.05, 0.1) is 16.8 Å². The van der Waals surface area contributed by atoms with Crippen molar-refractivity contribution in [2.75, 3.05) is 4.90 Å². The Labute approximate surface area is 119 Å². The molecule has 0 saturated carbocycles. The summed E-state index contributed by atoms with van der Waals surface area (Å²) < 4.78 is 5.40. The summed E-state index contributed by atoms with van der Waals surface area (Å²) in [5.41, 5.74) is 2.12. The van der Waals surface area contributed by atoms with Gasteiger partial charge < -0.3 is 4.74 Å². The van der Waals surface area contributed by atoms with Crippen LogP contribution in [0.5, 0.6) is 0 Å². The summed E-state index contributed by atoms with van der Waals surface area (Å²) in [4.78, 5) is 26.1. The van der Waals surface area contributed by atoms with Crippen LogP contribution in [0, 0.1) is 0 Å². The van der Waals surface area contributed by atoms with E-state index in [0.717, 1.165) is 0 Å². The molecule has 0 unspecified atom stereocenters. The lowest BCUT2D eigenvalue weighted by atomic mass is 10.1. The quantitative estimate of drug-likeness (QED) is 0.699. The second kappa shape index (κ2) is 3.84. The normalized spacial score (nSPS) is 19.2. The van der Waals surface area contributed by atoms with Gasteiger partial charge in [0.1, 0.15) is 0 Å². The van der Waals surface area contributed by atoms with Crippen LogP contribution in [0.3, 0.4) is 0 Å². The van der Waals surface area contributed by atoms with Gasteiger partial charge in [-0.2, -0.15) is 0 Å². The maximum Gasteiger partial charge on any atom is 0.342 e. The molecule has 2 aliphatic rings. The van der Waals surface area contributed by atoms with Gasteiger partial charge in [0.15, 0.2) is 0 Å². The van der Waals surface area contributed by atoms with Gasteiger partial charge in [0, 0.05) is 10.6 Å². The molecular formula is C15H8ClNO3. The summed E-state index contributed by atoms with van der Waals surface area (Å²) in [6.07, 6.45) is -0.697. The van der Waals surface area contributed by atoms with E-state index >= 15 is 0 Å². The Kier molecular flexibility index (Phi) is 2.20. The maximum atomic E-state index is 12.5. The number of amides is 1. The van der Waals surface area contributed by atoms with E-state index in [1.807, 2.05) is 0 Å². The Morgan fingerprint density at radius 3 is 2.70 bits per heavy atom. The van der Waals surface area contributed by atoms with Crippen molar-refractivity contribution >= 4 is 29.2 Å². The fraction of sp³-hybridized carbons (Fsp3) is 0.0667. The topological polar surface area (TPSA) is 46.6 Å². The molecule has 0 aromatic heterocycles. The standard InChI is InChI=1S/C15H8ClNO3/c16-8-5-6-9-11(7-8)13(18)17-12-4-2-1-3-10(12)15(19)20-14(9)17/h1-7,14H/t14-/m0/s1. The average molecular weight is 286 g/mol. The van der Waals surface area contributed by atoms with Gasteiger partial charge in [-0.1, -0.05) is 29.8 Å². The summed E-state index contributed by atoms with van der Waals surface area (Å²) in [7, 11) is 0. The van der Waals surface area contributed by atoms with Gasteiger partial charge in [-0.15, -0.1) is 0 Å². The molecule has 4 nitrogen and oxygen atoms in total. The van der Waals surface area contributed by atoms with E-state index < -0.39 is 12.2 Å². The van der Waals surface area contributed by atoms with Crippen LogP contribution in [0.1, 0.15) is 32.5 Å². The molecule has 0 spiro atoms. The van der Waals surface area contributed by atoms with Crippen molar-refractivity contribution in [3.63, 3.8) is 0 Å². The molecule has 4 rings (SSSR count). The molecule has 0 bridgehead atoms. The van der Waals surface area contributed by atoms with Crippen LogP contribution >= 0.6 is 11.6 Å². The molecule has 0 saturated heterocycles. The van der Waals surface area contributed by atoms with Crippen LogP contribution in [0.4, 0.5) is 5.69 Å². The Bertz CT molecular complexity index is 771. The monoisotopic (exact) mass is 285 g/mol. The number of carbonyl (C=O) groups excluding carboxylic acids is 2. The van der Waals surface area contributed by atoms with E-state index in [1.54, 1.807) is 42.5 Å². The highest BCUT2D eigenvalue weighted by Gasteiger charge is 2.44. The van der Waals surface area contributed by atoms with E-state index in [2.05, 4.69) is 0 Å². The van der Waals surface area contributed by atoms with E-state index in [4.69, 9.17) is 16.3 Å². The predicted octanol–water partition coefficient (Wildman–Crippen LogP) is 3.17. The summed E-state index contributed by atoms with van der Waals surface area (Å²) >= 11 is 5.94. The molecule has 1 amide bonds. The van der Waals surface area contributed by atoms with Crippen LogP contribution in [0.15, 0.2) is 42.5 Å². The number of halogens is 1. The SMILES string of the molecule is O=C1O[C@H]2c3ccc(Cl)cc3C(=O)N2c2ccccc21. The molecule has 0 N–H and O–H groups in total. The number of fused-ring (bicyclic) bond motifs is 5. The molecule has 0 fully saturated rings. The highest BCUT2D eigenvalue weighted by atomic mass is 35.5. The first kappa shape index (κ1) is 11.5. The Hall–Kier alpha value is -2.33. The van der Waals surface area contributed by atoms with Crippen molar-refractivity contribution in [3.05, 3.63) is 64.2 Å². The van der Waals surface area contributed by atoms with Gasteiger partial charge in [-0.05, 0) is 24.3 Å². The summed E-state index contributed by atoms with van der Waals surface area (Å²) in [5, 5.41) is 0.483. The highest BCUT2D eigenvalue weighted by molar-refractivity contribution is 6.31. The minimum Gasteiger partial charge on any atom is -0.433 e. The highest BCUT2D eigenvalue weighted by Crippen LogP contribution is 2.43. The van der Waals surface area contributed by atoms with Crippen molar-refractivity contribution in [2.24, 2.45) is 0 Å². The first-order valence-electron chi connectivity index (χ1n) is 6.10. The first-order valence-corrected chi connectivity index (χ1v) is 6.47. The Balaban J connectivity index is 1.96. The minimum absolute atomic E-state index is 0.201. The van der Waals surface area contributed by atoms with E-state index in [1.165, 1.54) is 4.90 Å². The zero-order chi connectivity index (χ0) is 13.9. The van der Waals surface area contributed by atoms with Gasteiger partial charge in [0.2, 0.25) is 6.23 Å². The minimum atomic E-state index is -0.697. The molecule has 0 radical (unpaired) electrons. The number of benzene rings is 2. The fourth-order valence-electron chi connectivity index (χ4n) is 2.68. The molecule has 98 valence electrons. The number of rotatable bonds is 0. The smallest absolute Gasteiger partial charge is 0.342 e. The number of hydrogen-bond donors (Lipinski definition) is 0. The van der Waals surface area contributed by atoms with Crippen LogP contribution in [0.2, 0.25) is 5.02 Å². The average Bonchev–Trinajstić information content (AvgIpc) is 2.72. The van der Waals surface area contributed by atoms with Crippen molar-refractivity contribution in [3.8, 4) is 0 Å². The first-order chi connectivity index (χ1) is 9.66. The lowest BCUT2D eigenvalue weighted by molar-refractivity contribution is 0.0273. The molecule has 2 aromatic carbocycles. The number of esters is 1. The maximum absolute atomic E-state index is 12.5. The largest absolute Gasteiger partial charge is 0.433 e. The lowest BCUT2D eigenvalue weighted by Crippen LogP contribution is -2.36. The molecule has 2 heterocycles. The van der Waals surface area contributed by atoms with Crippen LogP contribution in [-0.2, 0) is 4.74 Å². The molecular weight excluding hydrogens is 278 g/mol. The molecule has 20 heavy (non-hydrogen) atoms. The van der Waals surface area contributed by atoms with Crippen molar-refractivity contribution in [1.29, 1.82) is 0 Å². The summed E-state index contributed by atoms with van der Waals surface area (Å²) in [6.45, 7) is 0. The zero-order valence-corrected chi connectivity index (χ0v) is 10.9. The molecule has 2 aromatic rings. The molecule has 5 heteroatoms. The van der Waals surface area contributed by atoms with Crippen molar-refractivity contribution in [1.82, 2.24) is 0 Å². The van der Waals surface area contributed by atoms with Crippen LogP contribution < -0.4 is 4.90 Å². The number of carbonyl (C=O) groups is 2. The second-order valence-corrected chi connectivity index (χ2v) is 5.12. The lowest BCUT2D eigenvalue weighted by Gasteiger charge is -2.31. The fourth-order valence-corrected chi connectivity index (χ4v) is 2.85. The second-order valence-electron chi connectivity index (χ2n) is 4.68. The third-order valence-electron chi connectivity index (χ3n) is 3.57. The summed E-state index contributed by atoms with van der Waals surface area (Å²) in [6, 6.07) is 11.9. The molecule has 0 aliphatic carbocycles. The molecule has 1 atom stereocenters. The van der Waals surface area contributed by atoms with E-state index in [0.29, 0.717) is 27.4 Å². The number of nitrogens with zero attached hydrogens (tertiary/aromatic N) is 1. The number of para-hydroxylation sites is 1. The van der Waals surface area contributed by atoms with Crippen molar-refractivity contribution < 1.29 is 14.3 Å². The van der Waals surface area contributed by atoms with Gasteiger partial charge in [-0.3, -0.25) is 9.69 Å². The van der Waals surface area contributed by atoms with Gasteiger partial charge in [0.25, 0.3) is 5.91 Å². The number of anilines is 1. The van der Waals surface area contributed by atoms with E-state index in [9.17, 15) is 9.59 Å². The third kappa shape index (κ3) is 1.37. The van der Waals surface area contributed by atoms with Crippen molar-refractivity contribution in [2.45, 2.75) is 6.23 Å². The Morgan fingerprint density at radius 2 is 1.85 bits per heavy atom. The third-order valence-corrected chi connectivity index (χ3v) is 3.80. The number of hydrogen-bond acceptors (Lipinski definition) is 3. The number of ether oxygens (including phenoxy) is 1. The van der Waals surface area contributed by atoms with Gasteiger partial charge >= 0.3 is 5.97 Å². The summed E-state index contributed by atoms with van der Waals surface area (Å²) in [5.74, 6) is -0.620. The predicted molar refractivity (Wildman–Crippen MR) is 72.9 cm³/mol. The van der Waals surface area contributed by atoms with Crippen LogP contribution in [-0.4, -0.2) is 11.9 Å². The van der Waals surface area contributed by atoms with Crippen LogP contribution in [0.25, 0.3) is 0 Å². The zero-order valence-electron chi connectivity index (χ0n) is 10.2. The Morgan fingerprint density at radius 1 is 1.05 bits per heavy atom.